The fraction of sp³-hybridized carbons (Fsp3) is 0.188. The minimum atomic E-state index is -0.0637. The Labute approximate surface area is 118 Å². The zero-order valence-corrected chi connectivity index (χ0v) is 11.8. The van der Waals surface area contributed by atoms with Gasteiger partial charge >= 0.3 is 0 Å². The second kappa shape index (κ2) is 5.89. The highest BCUT2D eigenvalue weighted by atomic mass is 35.5. The minimum absolute atomic E-state index is 0.0637. The SMILES string of the molecule is Cc1ccc(CN(C)C(=O)c2ccccc2Cl)cc1. The zero-order valence-electron chi connectivity index (χ0n) is 11.1. The normalized spacial score (nSPS) is 10.3. The van der Waals surface area contributed by atoms with E-state index in [0.717, 1.165) is 5.56 Å². The van der Waals surface area contributed by atoms with Gasteiger partial charge in [-0.3, -0.25) is 4.79 Å². The summed E-state index contributed by atoms with van der Waals surface area (Å²) in [5, 5.41) is 0.489. The molecule has 0 radical (unpaired) electrons. The number of hydrogen-bond donors (Lipinski definition) is 0. The van der Waals surface area contributed by atoms with E-state index in [1.807, 2.05) is 43.3 Å². The molecule has 1 amide bonds. The molecule has 2 nitrogen and oxygen atoms in total. The van der Waals surface area contributed by atoms with Gasteiger partial charge in [0.15, 0.2) is 0 Å². The van der Waals surface area contributed by atoms with E-state index in [1.165, 1.54) is 5.56 Å². The molecular weight excluding hydrogens is 258 g/mol. The maximum Gasteiger partial charge on any atom is 0.255 e. The highest BCUT2D eigenvalue weighted by molar-refractivity contribution is 6.33. The molecule has 2 rings (SSSR count). The van der Waals surface area contributed by atoms with Gasteiger partial charge in [-0.2, -0.15) is 0 Å². The van der Waals surface area contributed by atoms with Gasteiger partial charge in [0.2, 0.25) is 0 Å². The third-order valence-electron chi connectivity index (χ3n) is 2.99. The Kier molecular flexibility index (Phi) is 4.23. The van der Waals surface area contributed by atoms with Crippen molar-refractivity contribution < 1.29 is 4.79 Å². The predicted octanol–water partition coefficient (Wildman–Crippen LogP) is 3.92. The van der Waals surface area contributed by atoms with Crippen molar-refractivity contribution in [2.45, 2.75) is 13.5 Å². The molecule has 0 unspecified atom stereocenters. The first kappa shape index (κ1) is 13.6. The van der Waals surface area contributed by atoms with E-state index in [1.54, 1.807) is 24.1 Å². The van der Waals surface area contributed by atoms with Crippen LogP contribution in [0.1, 0.15) is 21.5 Å². The highest BCUT2D eigenvalue weighted by Crippen LogP contribution is 2.17. The Morgan fingerprint density at radius 2 is 1.74 bits per heavy atom. The molecule has 0 aliphatic rings. The molecule has 2 aromatic rings. The van der Waals surface area contributed by atoms with E-state index in [9.17, 15) is 4.79 Å². The van der Waals surface area contributed by atoms with Crippen molar-refractivity contribution in [1.82, 2.24) is 4.90 Å². The lowest BCUT2D eigenvalue weighted by Crippen LogP contribution is -2.26. The van der Waals surface area contributed by atoms with Gasteiger partial charge < -0.3 is 4.90 Å². The molecule has 0 atom stereocenters. The maximum atomic E-state index is 12.3. The summed E-state index contributed by atoms with van der Waals surface area (Å²) >= 11 is 6.04. The Hall–Kier alpha value is -1.80. The molecule has 0 heterocycles. The molecule has 0 bridgehead atoms. The van der Waals surface area contributed by atoms with Crippen molar-refractivity contribution >= 4 is 17.5 Å². The topological polar surface area (TPSA) is 20.3 Å². The average Bonchev–Trinajstić information content (AvgIpc) is 2.41. The number of aryl methyl sites for hydroxylation is 1. The summed E-state index contributed by atoms with van der Waals surface area (Å²) in [7, 11) is 1.78. The van der Waals surface area contributed by atoms with Crippen molar-refractivity contribution in [3.8, 4) is 0 Å². The molecule has 0 saturated heterocycles. The second-order valence-electron chi connectivity index (χ2n) is 4.63. The fourth-order valence-corrected chi connectivity index (χ4v) is 2.10. The standard InChI is InChI=1S/C16H16ClNO/c1-12-7-9-13(10-8-12)11-18(2)16(19)14-5-3-4-6-15(14)17/h3-10H,11H2,1-2H3. The van der Waals surface area contributed by atoms with Gasteiger partial charge in [0.25, 0.3) is 5.91 Å². The van der Waals surface area contributed by atoms with E-state index in [4.69, 9.17) is 11.6 Å². The van der Waals surface area contributed by atoms with Crippen LogP contribution in [-0.2, 0) is 6.54 Å². The first-order valence-electron chi connectivity index (χ1n) is 6.13. The van der Waals surface area contributed by atoms with Gasteiger partial charge in [-0.25, -0.2) is 0 Å². The summed E-state index contributed by atoms with van der Waals surface area (Å²) < 4.78 is 0. The lowest BCUT2D eigenvalue weighted by molar-refractivity contribution is 0.0785. The van der Waals surface area contributed by atoms with Crippen molar-refractivity contribution in [1.29, 1.82) is 0 Å². The Morgan fingerprint density at radius 3 is 2.37 bits per heavy atom. The molecule has 0 aliphatic heterocycles. The number of rotatable bonds is 3. The summed E-state index contributed by atoms with van der Waals surface area (Å²) in [6.45, 7) is 2.62. The number of benzene rings is 2. The van der Waals surface area contributed by atoms with Crippen molar-refractivity contribution in [2.24, 2.45) is 0 Å². The molecule has 0 spiro atoms. The first-order valence-corrected chi connectivity index (χ1v) is 6.51. The van der Waals surface area contributed by atoms with Crippen LogP contribution in [0, 0.1) is 6.92 Å². The fourth-order valence-electron chi connectivity index (χ4n) is 1.88. The molecular formula is C16H16ClNO. The average molecular weight is 274 g/mol. The van der Waals surface area contributed by atoms with Crippen LogP contribution < -0.4 is 0 Å². The third-order valence-corrected chi connectivity index (χ3v) is 3.32. The number of nitrogens with zero attached hydrogens (tertiary/aromatic N) is 1. The molecule has 2 aromatic carbocycles. The maximum absolute atomic E-state index is 12.3. The van der Waals surface area contributed by atoms with Gasteiger partial charge in [-0.05, 0) is 24.6 Å². The Balaban J connectivity index is 2.12. The number of carbonyl (C=O) groups excluding carboxylic acids is 1. The van der Waals surface area contributed by atoms with Gasteiger partial charge in [0.05, 0.1) is 10.6 Å². The van der Waals surface area contributed by atoms with Gasteiger partial charge in [0.1, 0.15) is 0 Å². The van der Waals surface area contributed by atoms with Crippen LogP contribution in [0.15, 0.2) is 48.5 Å². The van der Waals surface area contributed by atoms with Crippen molar-refractivity contribution in [3.05, 3.63) is 70.2 Å². The van der Waals surface area contributed by atoms with Crippen LogP contribution >= 0.6 is 11.6 Å². The number of amides is 1. The van der Waals surface area contributed by atoms with E-state index < -0.39 is 0 Å². The van der Waals surface area contributed by atoms with Gasteiger partial charge in [-0.15, -0.1) is 0 Å². The van der Waals surface area contributed by atoms with Crippen LogP contribution in [0.4, 0.5) is 0 Å². The summed E-state index contributed by atoms with van der Waals surface area (Å²) in [5.74, 6) is -0.0637. The molecule has 0 aliphatic carbocycles. The van der Waals surface area contributed by atoms with Crippen LogP contribution in [0.2, 0.25) is 5.02 Å². The van der Waals surface area contributed by atoms with E-state index in [-0.39, 0.29) is 5.91 Å². The molecule has 0 N–H and O–H groups in total. The third kappa shape index (κ3) is 3.36. The quantitative estimate of drug-likeness (QED) is 0.830. The molecule has 0 fully saturated rings. The lowest BCUT2D eigenvalue weighted by Gasteiger charge is -2.18. The Bertz CT molecular complexity index is 578. The summed E-state index contributed by atoms with van der Waals surface area (Å²) in [4.78, 5) is 14.0. The molecule has 0 saturated carbocycles. The summed E-state index contributed by atoms with van der Waals surface area (Å²) in [6.07, 6.45) is 0. The van der Waals surface area contributed by atoms with Crippen molar-refractivity contribution in [2.75, 3.05) is 7.05 Å². The first-order chi connectivity index (χ1) is 9.08. The second-order valence-corrected chi connectivity index (χ2v) is 5.03. The van der Waals surface area contributed by atoms with Crippen LogP contribution in [0.25, 0.3) is 0 Å². The largest absolute Gasteiger partial charge is 0.337 e. The lowest BCUT2D eigenvalue weighted by atomic mass is 10.1. The Morgan fingerprint density at radius 1 is 1.11 bits per heavy atom. The highest BCUT2D eigenvalue weighted by Gasteiger charge is 2.14. The van der Waals surface area contributed by atoms with E-state index in [0.29, 0.717) is 17.1 Å². The van der Waals surface area contributed by atoms with Crippen LogP contribution in [0.3, 0.4) is 0 Å². The summed E-state index contributed by atoms with van der Waals surface area (Å²) in [6, 6.07) is 15.3. The number of hydrogen-bond acceptors (Lipinski definition) is 1. The number of halogens is 1. The zero-order chi connectivity index (χ0) is 13.8. The molecule has 19 heavy (non-hydrogen) atoms. The van der Waals surface area contributed by atoms with Crippen LogP contribution in [0.5, 0.6) is 0 Å². The molecule has 0 aromatic heterocycles. The number of carbonyl (C=O) groups is 1. The van der Waals surface area contributed by atoms with Gasteiger partial charge in [0, 0.05) is 13.6 Å². The predicted molar refractivity (Wildman–Crippen MR) is 78.4 cm³/mol. The molecule has 98 valence electrons. The van der Waals surface area contributed by atoms with Crippen molar-refractivity contribution in [3.63, 3.8) is 0 Å². The van der Waals surface area contributed by atoms with E-state index >= 15 is 0 Å². The molecule has 3 heteroatoms. The smallest absolute Gasteiger partial charge is 0.255 e. The minimum Gasteiger partial charge on any atom is -0.337 e. The monoisotopic (exact) mass is 273 g/mol. The summed E-state index contributed by atoms with van der Waals surface area (Å²) in [5.41, 5.74) is 2.86. The van der Waals surface area contributed by atoms with Crippen LogP contribution in [-0.4, -0.2) is 17.9 Å². The van der Waals surface area contributed by atoms with E-state index in [2.05, 4.69) is 0 Å². The van der Waals surface area contributed by atoms with Gasteiger partial charge in [-0.1, -0.05) is 53.6 Å².